The van der Waals surface area contributed by atoms with E-state index < -0.39 is 0 Å². The third kappa shape index (κ3) is 2.39. The molecule has 1 saturated heterocycles. The van der Waals surface area contributed by atoms with Gasteiger partial charge in [0.05, 0.1) is 0 Å². The predicted molar refractivity (Wildman–Crippen MR) is 63.8 cm³/mol. The number of rotatable bonds is 2. The highest BCUT2D eigenvalue weighted by atomic mass is 15.2. The highest BCUT2D eigenvalue weighted by molar-refractivity contribution is 5.33. The van der Waals surface area contributed by atoms with Gasteiger partial charge in [-0.1, -0.05) is 18.2 Å². The second-order valence-corrected chi connectivity index (χ2v) is 4.65. The number of aryl methyl sites for hydroxylation is 2. The zero-order valence-corrected chi connectivity index (χ0v) is 9.66. The molecule has 1 aromatic rings. The summed E-state index contributed by atoms with van der Waals surface area (Å²) < 4.78 is 0. The minimum atomic E-state index is 0.384. The minimum Gasteiger partial charge on any atom is -0.326 e. The maximum absolute atomic E-state index is 5.91. The van der Waals surface area contributed by atoms with Crippen molar-refractivity contribution in [2.45, 2.75) is 32.9 Å². The average molecular weight is 204 g/mol. The van der Waals surface area contributed by atoms with Crippen molar-refractivity contribution in [3.05, 3.63) is 34.9 Å². The highest BCUT2D eigenvalue weighted by Gasteiger charge is 2.19. The Balaban J connectivity index is 2.10. The van der Waals surface area contributed by atoms with E-state index >= 15 is 0 Å². The molecule has 0 amide bonds. The van der Waals surface area contributed by atoms with Crippen molar-refractivity contribution >= 4 is 0 Å². The first-order valence-electron chi connectivity index (χ1n) is 5.70. The van der Waals surface area contributed by atoms with Gasteiger partial charge in [-0.2, -0.15) is 0 Å². The van der Waals surface area contributed by atoms with Crippen LogP contribution < -0.4 is 5.73 Å². The number of nitrogens with zero attached hydrogens (tertiary/aromatic N) is 1. The predicted octanol–water partition coefficient (Wildman–Crippen LogP) is 1.84. The lowest BCUT2D eigenvalue weighted by Gasteiger charge is -2.18. The number of benzene rings is 1. The molecule has 0 saturated carbocycles. The van der Waals surface area contributed by atoms with E-state index in [9.17, 15) is 0 Å². The Morgan fingerprint density at radius 3 is 2.53 bits per heavy atom. The fourth-order valence-corrected chi connectivity index (χ4v) is 2.33. The average Bonchev–Trinajstić information content (AvgIpc) is 2.58. The van der Waals surface area contributed by atoms with Gasteiger partial charge in [0.2, 0.25) is 0 Å². The smallest absolute Gasteiger partial charge is 0.0239 e. The van der Waals surface area contributed by atoms with E-state index in [4.69, 9.17) is 5.73 Å². The molecule has 0 radical (unpaired) electrons. The van der Waals surface area contributed by atoms with Crippen LogP contribution in [0, 0.1) is 13.8 Å². The van der Waals surface area contributed by atoms with Crippen molar-refractivity contribution in [3.8, 4) is 0 Å². The van der Waals surface area contributed by atoms with E-state index in [1.54, 1.807) is 0 Å². The Labute approximate surface area is 92.1 Å². The first-order chi connectivity index (χ1) is 7.16. The second kappa shape index (κ2) is 4.33. The molecule has 0 aromatic heterocycles. The maximum atomic E-state index is 5.91. The maximum Gasteiger partial charge on any atom is 0.0239 e. The summed E-state index contributed by atoms with van der Waals surface area (Å²) in [7, 11) is 0. The molecule has 2 nitrogen and oxygen atoms in total. The zero-order chi connectivity index (χ0) is 10.8. The summed E-state index contributed by atoms with van der Waals surface area (Å²) in [5.41, 5.74) is 10.2. The normalized spacial score (nSPS) is 22.2. The number of likely N-dealkylation sites (tertiary alicyclic amines) is 1. The Morgan fingerprint density at radius 2 is 2.00 bits per heavy atom. The third-order valence-electron chi connectivity index (χ3n) is 3.34. The minimum absolute atomic E-state index is 0.384. The van der Waals surface area contributed by atoms with E-state index in [2.05, 4.69) is 36.9 Å². The van der Waals surface area contributed by atoms with E-state index in [1.807, 2.05) is 0 Å². The van der Waals surface area contributed by atoms with Crippen molar-refractivity contribution in [1.82, 2.24) is 4.90 Å². The van der Waals surface area contributed by atoms with E-state index in [0.717, 1.165) is 26.1 Å². The molecule has 1 atom stereocenters. The molecule has 82 valence electrons. The topological polar surface area (TPSA) is 29.3 Å². The fraction of sp³-hybridized carbons (Fsp3) is 0.538. The van der Waals surface area contributed by atoms with Crippen LogP contribution in [-0.2, 0) is 6.54 Å². The summed E-state index contributed by atoms with van der Waals surface area (Å²) in [6.45, 7) is 7.64. The standard InChI is InChI=1S/C13H20N2/c1-10-4-3-5-11(2)13(10)9-15-7-6-12(14)8-15/h3-5,12H,6-9,14H2,1-2H3/t12-/m1/s1. The van der Waals surface area contributed by atoms with Gasteiger partial charge in [0.15, 0.2) is 0 Å². The summed E-state index contributed by atoms with van der Waals surface area (Å²) in [6, 6.07) is 6.90. The summed E-state index contributed by atoms with van der Waals surface area (Å²) in [6.07, 6.45) is 1.14. The van der Waals surface area contributed by atoms with Crippen LogP contribution in [0.2, 0.25) is 0 Å². The molecule has 2 rings (SSSR count). The lowest BCUT2D eigenvalue weighted by atomic mass is 10.0. The number of hydrogen-bond donors (Lipinski definition) is 1. The molecule has 1 aromatic carbocycles. The monoisotopic (exact) mass is 204 g/mol. The molecule has 0 unspecified atom stereocenters. The van der Waals surface area contributed by atoms with Crippen LogP contribution in [0.25, 0.3) is 0 Å². The van der Waals surface area contributed by atoms with Gasteiger partial charge in [0.25, 0.3) is 0 Å². The fourth-order valence-electron chi connectivity index (χ4n) is 2.33. The van der Waals surface area contributed by atoms with Gasteiger partial charge in [0.1, 0.15) is 0 Å². The molecule has 15 heavy (non-hydrogen) atoms. The van der Waals surface area contributed by atoms with Crippen molar-refractivity contribution in [2.24, 2.45) is 5.73 Å². The van der Waals surface area contributed by atoms with Crippen molar-refractivity contribution < 1.29 is 0 Å². The highest BCUT2D eigenvalue weighted by Crippen LogP contribution is 2.18. The molecule has 0 aliphatic carbocycles. The second-order valence-electron chi connectivity index (χ2n) is 4.65. The molecule has 2 N–H and O–H groups in total. The van der Waals surface area contributed by atoms with Gasteiger partial charge in [-0.15, -0.1) is 0 Å². The van der Waals surface area contributed by atoms with Crippen molar-refractivity contribution in [2.75, 3.05) is 13.1 Å². The molecular formula is C13H20N2. The van der Waals surface area contributed by atoms with Gasteiger partial charge >= 0.3 is 0 Å². The molecular weight excluding hydrogens is 184 g/mol. The number of hydrogen-bond acceptors (Lipinski definition) is 2. The van der Waals surface area contributed by atoms with Crippen LogP contribution in [0.5, 0.6) is 0 Å². The Hall–Kier alpha value is -0.860. The van der Waals surface area contributed by atoms with Crippen LogP contribution in [0.3, 0.4) is 0 Å². The van der Waals surface area contributed by atoms with E-state index in [-0.39, 0.29) is 0 Å². The Morgan fingerprint density at radius 1 is 1.33 bits per heavy atom. The molecule has 0 spiro atoms. The molecule has 1 heterocycles. The largest absolute Gasteiger partial charge is 0.326 e. The Bertz CT molecular complexity index is 326. The Kier molecular flexibility index (Phi) is 3.08. The van der Waals surface area contributed by atoms with Gasteiger partial charge in [-0.05, 0) is 37.0 Å². The lowest BCUT2D eigenvalue weighted by Crippen LogP contribution is -2.26. The SMILES string of the molecule is Cc1cccc(C)c1CN1CC[C@@H](N)C1. The van der Waals surface area contributed by atoms with Gasteiger partial charge in [-0.3, -0.25) is 4.90 Å². The molecule has 1 aliphatic heterocycles. The molecule has 0 bridgehead atoms. The van der Waals surface area contributed by atoms with E-state index in [1.165, 1.54) is 16.7 Å². The van der Waals surface area contributed by atoms with Crippen LogP contribution >= 0.6 is 0 Å². The van der Waals surface area contributed by atoms with Crippen LogP contribution in [0.4, 0.5) is 0 Å². The summed E-state index contributed by atoms with van der Waals surface area (Å²) in [5, 5.41) is 0. The van der Waals surface area contributed by atoms with Crippen LogP contribution in [0.1, 0.15) is 23.1 Å². The summed E-state index contributed by atoms with van der Waals surface area (Å²) in [4.78, 5) is 2.46. The quantitative estimate of drug-likeness (QED) is 0.796. The lowest BCUT2D eigenvalue weighted by molar-refractivity contribution is 0.325. The third-order valence-corrected chi connectivity index (χ3v) is 3.34. The molecule has 1 fully saturated rings. The zero-order valence-electron chi connectivity index (χ0n) is 9.66. The van der Waals surface area contributed by atoms with Gasteiger partial charge in [0, 0.05) is 25.7 Å². The van der Waals surface area contributed by atoms with E-state index in [0.29, 0.717) is 6.04 Å². The van der Waals surface area contributed by atoms with Gasteiger partial charge in [-0.25, -0.2) is 0 Å². The number of nitrogens with two attached hydrogens (primary N) is 1. The molecule has 1 aliphatic rings. The van der Waals surface area contributed by atoms with Crippen LogP contribution in [-0.4, -0.2) is 24.0 Å². The van der Waals surface area contributed by atoms with Crippen molar-refractivity contribution in [1.29, 1.82) is 0 Å². The van der Waals surface area contributed by atoms with Crippen LogP contribution in [0.15, 0.2) is 18.2 Å². The van der Waals surface area contributed by atoms with Crippen molar-refractivity contribution in [3.63, 3.8) is 0 Å². The molecule has 2 heteroatoms. The van der Waals surface area contributed by atoms with Gasteiger partial charge < -0.3 is 5.73 Å². The first-order valence-corrected chi connectivity index (χ1v) is 5.70. The summed E-state index contributed by atoms with van der Waals surface area (Å²) >= 11 is 0. The summed E-state index contributed by atoms with van der Waals surface area (Å²) in [5.74, 6) is 0. The first kappa shape index (κ1) is 10.7.